The fraction of sp³-hybridized carbons (Fsp3) is 0.238. The normalized spacial score (nSPS) is 10.6. The van der Waals surface area contributed by atoms with Crippen LogP contribution in [0.25, 0.3) is 5.69 Å². The highest BCUT2D eigenvalue weighted by atomic mass is 16.1. The molecule has 2 aromatic carbocycles. The minimum absolute atomic E-state index is 0.116. The Labute approximate surface area is 148 Å². The average molecular weight is 333 g/mol. The molecule has 0 aliphatic rings. The van der Waals surface area contributed by atoms with Crippen molar-refractivity contribution in [1.29, 1.82) is 0 Å². The fourth-order valence-corrected chi connectivity index (χ4v) is 2.85. The molecular weight excluding hydrogens is 310 g/mol. The van der Waals surface area contributed by atoms with Crippen molar-refractivity contribution in [1.82, 2.24) is 9.78 Å². The van der Waals surface area contributed by atoms with E-state index in [2.05, 4.69) is 24.3 Å². The highest BCUT2D eigenvalue weighted by molar-refractivity contribution is 6.05. The number of aryl methyl sites for hydroxylation is 1. The van der Waals surface area contributed by atoms with Gasteiger partial charge in [-0.1, -0.05) is 50.6 Å². The lowest BCUT2D eigenvalue weighted by Crippen LogP contribution is -2.14. The molecule has 0 saturated heterocycles. The van der Waals surface area contributed by atoms with Crippen LogP contribution in [-0.4, -0.2) is 15.7 Å². The van der Waals surface area contributed by atoms with Crippen molar-refractivity contribution in [2.45, 2.75) is 33.1 Å². The van der Waals surface area contributed by atoms with Crippen molar-refractivity contribution >= 4 is 11.6 Å². The smallest absolute Gasteiger partial charge is 0.259 e. The largest absolute Gasteiger partial charge is 0.322 e. The highest BCUT2D eigenvalue weighted by Gasteiger charge is 2.18. The first-order valence-corrected chi connectivity index (χ1v) is 8.75. The van der Waals surface area contributed by atoms with E-state index >= 15 is 0 Å². The molecule has 0 saturated carbocycles. The van der Waals surface area contributed by atoms with E-state index in [9.17, 15) is 4.79 Å². The van der Waals surface area contributed by atoms with E-state index in [0.29, 0.717) is 5.56 Å². The van der Waals surface area contributed by atoms with Crippen LogP contribution in [0, 0.1) is 0 Å². The maximum atomic E-state index is 12.7. The summed E-state index contributed by atoms with van der Waals surface area (Å²) in [6, 6.07) is 17.9. The molecule has 3 aromatic rings. The molecule has 0 atom stereocenters. The van der Waals surface area contributed by atoms with Gasteiger partial charge in [-0.25, -0.2) is 4.68 Å². The van der Waals surface area contributed by atoms with Gasteiger partial charge in [-0.15, -0.1) is 0 Å². The number of para-hydroxylation sites is 1. The Morgan fingerprint density at radius 3 is 2.40 bits per heavy atom. The monoisotopic (exact) mass is 333 g/mol. The summed E-state index contributed by atoms with van der Waals surface area (Å²) in [5.74, 6) is -0.116. The third kappa shape index (κ3) is 3.79. The van der Waals surface area contributed by atoms with E-state index in [4.69, 9.17) is 0 Å². The molecule has 1 amide bonds. The van der Waals surface area contributed by atoms with Gasteiger partial charge in [0.15, 0.2) is 0 Å². The van der Waals surface area contributed by atoms with E-state index in [-0.39, 0.29) is 5.91 Å². The van der Waals surface area contributed by atoms with Gasteiger partial charge in [0.05, 0.1) is 23.1 Å². The molecule has 1 N–H and O–H groups in total. The molecule has 1 aromatic heterocycles. The Bertz CT molecular complexity index is 835. The van der Waals surface area contributed by atoms with Crippen molar-refractivity contribution in [3.63, 3.8) is 0 Å². The van der Waals surface area contributed by atoms with Crippen LogP contribution in [0.1, 0.15) is 41.9 Å². The Balaban J connectivity index is 1.88. The summed E-state index contributed by atoms with van der Waals surface area (Å²) in [4.78, 5) is 12.7. The Morgan fingerprint density at radius 2 is 1.76 bits per heavy atom. The van der Waals surface area contributed by atoms with E-state index in [0.717, 1.165) is 36.3 Å². The molecule has 0 radical (unpaired) electrons. The number of rotatable bonds is 6. The van der Waals surface area contributed by atoms with Crippen molar-refractivity contribution < 1.29 is 4.79 Å². The number of aromatic nitrogens is 2. The topological polar surface area (TPSA) is 46.9 Å². The quantitative estimate of drug-likeness (QED) is 0.714. The fourth-order valence-electron chi connectivity index (χ4n) is 2.85. The van der Waals surface area contributed by atoms with Gasteiger partial charge in [0.25, 0.3) is 5.91 Å². The summed E-state index contributed by atoms with van der Waals surface area (Å²) >= 11 is 0. The third-order valence-electron chi connectivity index (χ3n) is 4.22. The lowest BCUT2D eigenvalue weighted by Gasteiger charge is -2.10. The van der Waals surface area contributed by atoms with Gasteiger partial charge >= 0.3 is 0 Å². The second kappa shape index (κ2) is 7.79. The minimum atomic E-state index is -0.116. The molecule has 0 bridgehead atoms. The summed E-state index contributed by atoms with van der Waals surface area (Å²) in [6.07, 6.45) is 4.39. The molecule has 4 heteroatoms. The number of amides is 1. The number of hydrogen-bond donors (Lipinski definition) is 1. The molecule has 0 aliphatic carbocycles. The first-order valence-electron chi connectivity index (χ1n) is 8.75. The summed E-state index contributed by atoms with van der Waals surface area (Å²) in [7, 11) is 0. The van der Waals surface area contributed by atoms with Gasteiger partial charge < -0.3 is 5.32 Å². The predicted molar refractivity (Wildman–Crippen MR) is 101 cm³/mol. The van der Waals surface area contributed by atoms with Crippen LogP contribution in [0.2, 0.25) is 0 Å². The molecule has 25 heavy (non-hydrogen) atoms. The molecule has 0 fully saturated rings. The highest BCUT2D eigenvalue weighted by Crippen LogP contribution is 2.19. The summed E-state index contributed by atoms with van der Waals surface area (Å²) in [6.45, 7) is 4.22. The second-order valence-corrected chi connectivity index (χ2v) is 6.01. The molecule has 4 nitrogen and oxygen atoms in total. The van der Waals surface area contributed by atoms with Gasteiger partial charge in [-0.3, -0.25) is 4.79 Å². The lowest BCUT2D eigenvalue weighted by atomic mass is 10.1. The number of anilines is 1. The molecule has 3 rings (SSSR count). The van der Waals surface area contributed by atoms with Gasteiger partial charge in [-0.05, 0) is 42.7 Å². The summed E-state index contributed by atoms with van der Waals surface area (Å²) in [5.41, 5.74) is 4.60. The van der Waals surface area contributed by atoms with E-state index in [1.165, 1.54) is 5.56 Å². The summed E-state index contributed by atoms with van der Waals surface area (Å²) < 4.78 is 1.86. The van der Waals surface area contributed by atoms with Crippen LogP contribution in [0.4, 0.5) is 5.69 Å². The second-order valence-electron chi connectivity index (χ2n) is 6.01. The zero-order valence-corrected chi connectivity index (χ0v) is 14.7. The van der Waals surface area contributed by atoms with Crippen LogP contribution in [0.5, 0.6) is 0 Å². The number of carbonyl (C=O) groups excluding carboxylic acids is 1. The molecule has 0 aliphatic heterocycles. The van der Waals surface area contributed by atoms with E-state index in [1.807, 2.05) is 59.3 Å². The van der Waals surface area contributed by atoms with Gasteiger partial charge in [0.2, 0.25) is 0 Å². The van der Waals surface area contributed by atoms with E-state index < -0.39 is 0 Å². The SMILES string of the molecule is CCCc1c(C(=O)Nc2ccc(CC)cc2)cnn1-c1ccccc1. The van der Waals surface area contributed by atoms with Gasteiger partial charge in [-0.2, -0.15) is 5.10 Å². The molecule has 0 unspecified atom stereocenters. The molecule has 0 spiro atoms. The maximum Gasteiger partial charge on any atom is 0.259 e. The molecular formula is C21H23N3O. The van der Waals surface area contributed by atoms with Crippen LogP contribution in [0.15, 0.2) is 60.8 Å². The zero-order valence-electron chi connectivity index (χ0n) is 14.7. The van der Waals surface area contributed by atoms with Crippen LogP contribution < -0.4 is 5.32 Å². The Hall–Kier alpha value is -2.88. The van der Waals surface area contributed by atoms with E-state index in [1.54, 1.807) is 6.20 Å². The predicted octanol–water partition coefficient (Wildman–Crippen LogP) is 4.64. The maximum absolute atomic E-state index is 12.7. The van der Waals surface area contributed by atoms with Crippen molar-refractivity contribution in [2.75, 3.05) is 5.32 Å². The Kier molecular flexibility index (Phi) is 5.29. The number of benzene rings is 2. The van der Waals surface area contributed by atoms with Crippen LogP contribution >= 0.6 is 0 Å². The standard InChI is InChI=1S/C21H23N3O/c1-3-8-20-19(15-22-24(20)18-9-6-5-7-10-18)21(25)23-17-13-11-16(4-2)12-14-17/h5-7,9-15H,3-4,8H2,1-2H3,(H,23,25). The first-order chi connectivity index (χ1) is 12.2. The summed E-state index contributed by atoms with van der Waals surface area (Å²) in [5, 5.41) is 7.43. The van der Waals surface area contributed by atoms with Crippen LogP contribution in [-0.2, 0) is 12.8 Å². The number of nitrogens with zero attached hydrogens (tertiary/aromatic N) is 2. The number of hydrogen-bond acceptors (Lipinski definition) is 2. The van der Waals surface area contributed by atoms with Crippen LogP contribution in [0.3, 0.4) is 0 Å². The Morgan fingerprint density at radius 1 is 1.04 bits per heavy atom. The lowest BCUT2D eigenvalue weighted by molar-refractivity contribution is 0.102. The first kappa shape index (κ1) is 17.0. The zero-order chi connectivity index (χ0) is 17.6. The van der Waals surface area contributed by atoms with Crippen molar-refractivity contribution in [3.8, 4) is 5.69 Å². The minimum Gasteiger partial charge on any atom is -0.322 e. The average Bonchev–Trinajstić information content (AvgIpc) is 3.07. The van der Waals surface area contributed by atoms with Crippen molar-refractivity contribution in [2.24, 2.45) is 0 Å². The van der Waals surface area contributed by atoms with Gasteiger partial charge in [0.1, 0.15) is 0 Å². The molecule has 128 valence electrons. The van der Waals surface area contributed by atoms with Gasteiger partial charge in [0, 0.05) is 5.69 Å². The number of carbonyl (C=O) groups is 1. The number of nitrogens with one attached hydrogen (secondary N) is 1. The van der Waals surface area contributed by atoms with Crippen molar-refractivity contribution in [3.05, 3.63) is 77.6 Å². The third-order valence-corrected chi connectivity index (χ3v) is 4.22. The molecule has 1 heterocycles.